The number of carbonyl (C=O) groups is 5. The van der Waals surface area contributed by atoms with Gasteiger partial charge in [0.05, 0.1) is 26.4 Å². The van der Waals surface area contributed by atoms with Crippen LogP contribution in [0.5, 0.6) is 0 Å². The maximum absolute atomic E-state index is 14.1. The van der Waals surface area contributed by atoms with Gasteiger partial charge in [0.25, 0.3) is 0 Å². The van der Waals surface area contributed by atoms with Gasteiger partial charge in [0.2, 0.25) is 0 Å². The minimum atomic E-state index is -2.08. The fourth-order valence-electron chi connectivity index (χ4n) is 13.3. The lowest BCUT2D eigenvalue weighted by molar-refractivity contribution is -0.322. The van der Waals surface area contributed by atoms with Gasteiger partial charge in [0.1, 0.15) is 29.0 Å². The van der Waals surface area contributed by atoms with E-state index in [9.17, 15) is 24.0 Å². The lowest BCUT2D eigenvalue weighted by atomic mass is 9.79. The third-order valence-electron chi connectivity index (χ3n) is 17.2. The van der Waals surface area contributed by atoms with Gasteiger partial charge in [-0.15, -0.1) is 0 Å². The van der Waals surface area contributed by atoms with Gasteiger partial charge < -0.3 is 52.1 Å². The van der Waals surface area contributed by atoms with Crippen LogP contribution in [-0.2, 0) is 92.9 Å². The monoisotopic (exact) mass is 1290 g/mol. The van der Waals surface area contributed by atoms with Crippen LogP contribution in [0.1, 0.15) is 84.7 Å². The smallest absolute Gasteiger partial charge is 0.303 e. The molecule has 0 aromatic heterocycles. The molecule has 0 bridgehead atoms. The zero-order chi connectivity index (χ0) is 67.1. The Morgan fingerprint density at radius 1 is 0.312 bits per heavy atom. The molecule has 0 N–H and O–H groups in total. The Morgan fingerprint density at radius 3 is 0.875 bits per heavy atom. The Balaban J connectivity index is 1.08. The zero-order valence-electron chi connectivity index (χ0n) is 54.0. The van der Waals surface area contributed by atoms with Crippen molar-refractivity contribution in [1.82, 2.24) is 0 Å². The molecule has 16 nitrogen and oxygen atoms in total. The minimum Gasteiger partial charge on any atom is -0.456 e. The van der Waals surface area contributed by atoms with Crippen LogP contribution in [0.2, 0.25) is 0 Å². The largest absolute Gasteiger partial charge is 0.456 e. The molecule has 9 aromatic rings. The van der Waals surface area contributed by atoms with Gasteiger partial charge in [-0.3, -0.25) is 24.0 Å². The second-order valence-electron chi connectivity index (χ2n) is 23.6. The highest BCUT2D eigenvalue weighted by Crippen LogP contribution is 2.48. The van der Waals surface area contributed by atoms with Crippen LogP contribution in [0.3, 0.4) is 0 Å². The summed E-state index contributed by atoms with van der Waals surface area (Å²) in [5, 5.41) is 0. The molecule has 11 rings (SSSR count). The SMILES string of the molecule is CC(=O)O[C@@H]1[C@@H](OC(C)=O)[C@@H](OC[C@]2(COC(c3ccccc3)(c3ccccc3)c3ccccc3)O[C@H](COC(c3ccccc3)(c3ccccc3)c3ccccc3)[C@@H](OC(C)=O)[C@@H]2OC(C)=O)O[C@H](COC(c2ccccc2)(c2ccccc2)c2ccccc2)[C@H]1OC(C)=O. The van der Waals surface area contributed by atoms with Gasteiger partial charge in [-0.05, 0) is 50.1 Å². The normalized spacial score (nSPS) is 21.1. The molecule has 9 aromatic carbocycles. The van der Waals surface area contributed by atoms with Crippen LogP contribution in [0, 0.1) is 0 Å². The van der Waals surface area contributed by atoms with E-state index in [2.05, 4.69) is 0 Å². The summed E-state index contributed by atoms with van der Waals surface area (Å²) in [7, 11) is 0. The molecule has 0 radical (unpaired) electrons. The molecule has 2 aliphatic rings. The Morgan fingerprint density at radius 2 is 0.573 bits per heavy atom. The average Bonchev–Trinajstić information content (AvgIpc) is 1.32. The van der Waals surface area contributed by atoms with Gasteiger partial charge in [-0.2, -0.15) is 0 Å². The number of carbonyl (C=O) groups excluding carboxylic acids is 5. The first-order valence-electron chi connectivity index (χ1n) is 31.9. The summed E-state index contributed by atoms with van der Waals surface area (Å²) in [5.74, 6) is -4.00. The van der Waals surface area contributed by atoms with Crippen molar-refractivity contribution >= 4 is 29.8 Å². The van der Waals surface area contributed by atoms with E-state index < -0.39 is 121 Å². The van der Waals surface area contributed by atoms with Crippen molar-refractivity contribution < 1.29 is 76.1 Å². The number of esters is 5. The number of rotatable bonds is 26. The van der Waals surface area contributed by atoms with Crippen molar-refractivity contribution in [3.8, 4) is 0 Å². The quantitative estimate of drug-likeness (QED) is 0.0283. The number of hydrogen-bond acceptors (Lipinski definition) is 16. The zero-order valence-corrected chi connectivity index (χ0v) is 54.0. The van der Waals surface area contributed by atoms with Crippen LogP contribution in [0.25, 0.3) is 0 Å². The summed E-state index contributed by atoms with van der Waals surface area (Å²) in [5.41, 5.74) is 0.273. The number of ether oxygens (including phenoxy) is 11. The highest BCUT2D eigenvalue weighted by molar-refractivity contribution is 5.69. The molecule has 2 fully saturated rings. The van der Waals surface area contributed by atoms with E-state index in [-0.39, 0.29) is 6.61 Å². The molecular formula is C80H76O16. The molecule has 16 heteroatoms. The molecule has 2 aliphatic heterocycles. The first kappa shape index (κ1) is 67.5. The van der Waals surface area contributed by atoms with E-state index in [4.69, 9.17) is 52.1 Å². The summed E-state index contributed by atoms with van der Waals surface area (Å²) in [6.45, 7) is 4.04. The molecule has 9 atom stereocenters. The van der Waals surface area contributed by atoms with Crippen LogP contribution in [0.15, 0.2) is 273 Å². The van der Waals surface area contributed by atoms with Crippen LogP contribution >= 0.6 is 0 Å². The lowest BCUT2D eigenvalue weighted by Crippen LogP contribution is -2.64. The lowest BCUT2D eigenvalue weighted by Gasteiger charge is -2.46. The van der Waals surface area contributed by atoms with E-state index in [1.807, 2.05) is 273 Å². The van der Waals surface area contributed by atoms with Crippen LogP contribution in [-0.4, -0.2) is 111 Å². The van der Waals surface area contributed by atoms with Crippen molar-refractivity contribution in [1.29, 1.82) is 0 Å². The maximum Gasteiger partial charge on any atom is 0.303 e. The van der Waals surface area contributed by atoms with E-state index in [1.54, 1.807) is 0 Å². The maximum atomic E-state index is 14.1. The summed E-state index contributed by atoms with van der Waals surface area (Å²) < 4.78 is 75.5. The Kier molecular flexibility index (Phi) is 21.6. The molecular weight excluding hydrogens is 1220 g/mol. The molecule has 96 heavy (non-hydrogen) atoms. The van der Waals surface area contributed by atoms with Gasteiger partial charge in [-0.25, -0.2) is 0 Å². The van der Waals surface area contributed by atoms with Crippen molar-refractivity contribution in [2.45, 2.75) is 106 Å². The van der Waals surface area contributed by atoms with Crippen molar-refractivity contribution in [3.63, 3.8) is 0 Å². The van der Waals surface area contributed by atoms with Crippen molar-refractivity contribution in [3.05, 3.63) is 323 Å². The predicted octanol–water partition coefficient (Wildman–Crippen LogP) is 12.6. The van der Waals surface area contributed by atoms with E-state index >= 15 is 0 Å². The molecule has 0 aliphatic carbocycles. The molecule has 492 valence electrons. The van der Waals surface area contributed by atoms with Crippen LogP contribution < -0.4 is 0 Å². The third-order valence-corrected chi connectivity index (χ3v) is 17.2. The molecule has 0 unspecified atom stereocenters. The van der Waals surface area contributed by atoms with Crippen molar-refractivity contribution in [2.24, 2.45) is 0 Å². The fraction of sp³-hybridized carbons (Fsp3) is 0.263. The molecule has 2 saturated heterocycles. The van der Waals surface area contributed by atoms with Gasteiger partial charge >= 0.3 is 29.8 Å². The topological polar surface area (TPSA) is 187 Å². The first-order valence-corrected chi connectivity index (χ1v) is 31.9. The van der Waals surface area contributed by atoms with Gasteiger partial charge in [-0.1, -0.05) is 273 Å². The highest BCUT2D eigenvalue weighted by Gasteiger charge is 2.63. The Bertz CT molecular complexity index is 3690. The van der Waals surface area contributed by atoms with E-state index in [0.29, 0.717) is 16.7 Å². The third kappa shape index (κ3) is 14.5. The predicted molar refractivity (Wildman–Crippen MR) is 355 cm³/mol. The summed E-state index contributed by atoms with van der Waals surface area (Å²) in [4.78, 5) is 68.6. The van der Waals surface area contributed by atoms with Crippen molar-refractivity contribution in [2.75, 3.05) is 26.4 Å². The number of hydrogen-bond donors (Lipinski definition) is 0. The fourth-order valence-corrected chi connectivity index (χ4v) is 13.3. The highest BCUT2D eigenvalue weighted by atomic mass is 16.7. The summed E-state index contributed by atoms with van der Waals surface area (Å²) in [6.07, 6.45) is -12.3. The minimum absolute atomic E-state index is 0.336. The second-order valence-corrected chi connectivity index (χ2v) is 23.6. The number of benzene rings is 9. The van der Waals surface area contributed by atoms with E-state index in [1.165, 1.54) is 20.8 Å². The summed E-state index contributed by atoms with van der Waals surface area (Å²) in [6, 6.07) is 86.4. The molecule has 0 amide bonds. The van der Waals surface area contributed by atoms with Crippen LogP contribution in [0.4, 0.5) is 0 Å². The first-order chi connectivity index (χ1) is 46.7. The standard InChI is InChI=1S/C80H76O16/c1-55(81)90-71-69(51-87-78(60-33-15-6-16-34-60,61-35-17-7-18-36-61)62-37-19-8-20-38-62)95-76(74(93-58(4)84)73(71)92-57(3)83)86-53-77(54-89-80(66-45-27-12-28-46-66,67-47-29-13-30-48-67)68-49-31-14-32-50-68)75(94-59(5)85)72(91-56(2)82)70(96-77)52-88-79(63-39-21-9-22-40-63,64-41-23-10-24-42-64)65-43-25-11-26-44-65/h6-50,69-76H,51-54H2,1-5H3/t69-,70-,71-,72-,73+,74-,75+,76+,77-/m1/s1. The van der Waals surface area contributed by atoms with E-state index in [0.717, 1.165) is 47.2 Å². The molecule has 2 heterocycles. The average molecular weight is 1290 g/mol. The van der Waals surface area contributed by atoms with Gasteiger partial charge in [0.15, 0.2) is 42.4 Å². The Hall–Kier alpha value is -9.91. The van der Waals surface area contributed by atoms with Gasteiger partial charge in [0, 0.05) is 34.6 Å². The second kappa shape index (κ2) is 30.7. The molecule has 0 spiro atoms. The molecule has 0 saturated carbocycles. The Labute approximate surface area is 558 Å². The summed E-state index contributed by atoms with van der Waals surface area (Å²) >= 11 is 0.